The molecule has 0 aliphatic carbocycles. The van der Waals surface area contributed by atoms with Gasteiger partial charge in [-0.25, -0.2) is 4.79 Å². The van der Waals surface area contributed by atoms with Gasteiger partial charge in [0.05, 0.1) is 13.3 Å². The Bertz CT molecular complexity index is 243. The maximum atomic E-state index is 10.3. The summed E-state index contributed by atoms with van der Waals surface area (Å²) in [4.78, 5) is 10.3. The Morgan fingerprint density at radius 1 is 1.90 bits per heavy atom. The van der Waals surface area contributed by atoms with E-state index in [4.69, 9.17) is 5.11 Å². The molecule has 0 amide bonds. The normalized spacial score (nSPS) is 9.30. The van der Waals surface area contributed by atoms with Crippen LogP contribution >= 0.6 is 0 Å². The molecule has 5 nitrogen and oxygen atoms in total. The Hall–Kier alpha value is -1.52. The summed E-state index contributed by atoms with van der Waals surface area (Å²) >= 11 is 0. The van der Waals surface area contributed by atoms with E-state index in [1.807, 2.05) is 0 Å². The third kappa shape index (κ3) is 0.928. The molecule has 1 heterocycles. The first kappa shape index (κ1) is 6.60. The van der Waals surface area contributed by atoms with Gasteiger partial charge in [0, 0.05) is 0 Å². The molecule has 0 aliphatic heterocycles. The number of carbonyl (C=O) groups is 1. The second kappa shape index (κ2) is 2.38. The highest BCUT2D eigenvalue weighted by molar-refractivity contribution is 5.88. The van der Waals surface area contributed by atoms with Crippen molar-refractivity contribution in [3.05, 3.63) is 11.9 Å². The Balaban J connectivity index is 3.01. The van der Waals surface area contributed by atoms with Gasteiger partial charge in [-0.1, -0.05) is 0 Å². The van der Waals surface area contributed by atoms with E-state index >= 15 is 0 Å². The molecule has 0 saturated carbocycles. The lowest BCUT2D eigenvalue weighted by Gasteiger charge is -1.93. The number of aromatic carboxylic acids is 1. The summed E-state index contributed by atoms with van der Waals surface area (Å²) in [5.41, 5.74) is -0.0255. The minimum Gasteiger partial charge on any atom is -0.493 e. The van der Waals surface area contributed by atoms with E-state index in [9.17, 15) is 4.79 Å². The molecule has 2 N–H and O–H groups in total. The number of nitrogens with zero attached hydrogens (tertiary/aromatic N) is 1. The van der Waals surface area contributed by atoms with Gasteiger partial charge in [-0.3, -0.25) is 5.10 Å². The van der Waals surface area contributed by atoms with Gasteiger partial charge in [-0.2, -0.15) is 5.10 Å². The molecule has 0 saturated heterocycles. The van der Waals surface area contributed by atoms with Crippen LogP contribution < -0.4 is 4.74 Å². The maximum absolute atomic E-state index is 10.3. The molecule has 0 spiro atoms. The standard InChI is InChI=1S/C5H6N2O3/c1-10-3-2-6-7-4(3)5(8)9/h2H,1H3,(H,6,7)(H,8,9). The van der Waals surface area contributed by atoms with Crippen LogP contribution in [-0.4, -0.2) is 28.4 Å². The van der Waals surface area contributed by atoms with Crippen molar-refractivity contribution in [1.29, 1.82) is 0 Å². The van der Waals surface area contributed by atoms with Crippen molar-refractivity contribution >= 4 is 5.97 Å². The van der Waals surface area contributed by atoms with Crippen molar-refractivity contribution in [2.75, 3.05) is 7.11 Å². The number of H-pyrrole nitrogens is 1. The predicted molar refractivity (Wildman–Crippen MR) is 32.1 cm³/mol. The van der Waals surface area contributed by atoms with Gasteiger partial charge < -0.3 is 9.84 Å². The average molecular weight is 142 g/mol. The van der Waals surface area contributed by atoms with Gasteiger partial charge in [0.1, 0.15) is 0 Å². The van der Waals surface area contributed by atoms with E-state index in [0.29, 0.717) is 0 Å². The van der Waals surface area contributed by atoms with Crippen LogP contribution in [0, 0.1) is 0 Å². The first-order valence-electron chi connectivity index (χ1n) is 2.56. The Morgan fingerprint density at radius 2 is 2.60 bits per heavy atom. The summed E-state index contributed by atoms with van der Waals surface area (Å²) in [6.07, 6.45) is 1.31. The van der Waals surface area contributed by atoms with Crippen molar-refractivity contribution in [3.8, 4) is 5.75 Å². The molecule has 0 atom stereocenters. The molecule has 1 aromatic heterocycles. The van der Waals surface area contributed by atoms with Gasteiger partial charge in [0.2, 0.25) is 0 Å². The molecule has 1 aromatic rings. The molecular formula is C5H6N2O3. The summed E-state index contributed by atoms with van der Waals surface area (Å²) in [6, 6.07) is 0. The van der Waals surface area contributed by atoms with Gasteiger partial charge in [0.15, 0.2) is 11.4 Å². The molecule has 5 heteroatoms. The SMILES string of the molecule is COc1cn[nH]c1C(=O)O. The number of rotatable bonds is 2. The quantitative estimate of drug-likeness (QED) is 0.614. The summed E-state index contributed by atoms with van der Waals surface area (Å²) in [6.45, 7) is 0. The zero-order valence-electron chi connectivity index (χ0n) is 5.29. The van der Waals surface area contributed by atoms with Crippen molar-refractivity contribution in [2.45, 2.75) is 0 Å². The lowest BCUT2D eigenvalue weighted by Crippen LogP contribution is -1.99. The average Bonchev–Trinajstić information content (AvgIpc) is 2.33. The third-order valence-electron chi connectivity index (χ3n) is 1.04. The first-order valence-corrected chi connectivity index (χ1v) is 2.56. The highest BCUT2D eigenvalue weighted by atomic mass is 16.5. The van der Waals surface area contributed by atoms with Gasteiger partial charge in [-0.05, 0) is 0 Å². The number of hydrogen-bond donors (Lipinski definition) is 2. The molecule has 0 fully saturated rings. The van der Waals surface area contributed by atoms with E-state index in [-0.39, 0.29) is 11.4 Å². The van der Waals surface area contributed by atoms with Crippen LogP contribution in [0.5, 0.6) is 5.75 Å². The topological polar surface area (TPSA) is 75.2 Å². The lowest BCUT2D eigenvalue weighted by molar-refractivity contribution is 0.0687. The van der Waals surface area contributed by atoms with Crippen LogP contribution in [0.15, 0.2) is 6.20 Å². The van der Waals surface area contributed by atoms with Gasteiger partial charge in [0.25, 0.3) is 0 Å². The molecule has 10 heavy (non-hydrogen) atoms. The van der Waals surface area contributed by atoms with Crippen LogP contribution in [0.2, 0.25) is 0 Å². The van der Waals surface area contributed by atoms with E-state index in [0.717, 1.165) is 0 Å². The number of aromatic nitrogens is 2. The van der Waals surface area contributed by atoms with Crippen molar-refractivity contribution in [2.24, 2.45) is 0 Å². The second-order valence-corrected chi connectivity index (χ2v) is 1.62. The molecule has 0 unspecified atom stereocenters. The van der Waals surface area contributed by atoms with Crippen molar-refractivity contribution in [1.82, 2.24) is 10.2 Å². The fourth-order valence-electron chi connectivity index (χ4n) is 0.583. The van der Waals surface area contributed by atoms with E-state index in [2.05, 4.69) is 14.9 Å². The zero-order valence-corrected chi connectivity index (χ0v) is 5.29. The molecule has 54 valence electrons. The maximum Gasteiger partial charge on any atom is 0.357 e. The number of ether oxygens (including phenoxy) is 1. The number of aromatic amines is 1. The van der Waals surface area contributed by atoms with Crippen LogP contribution in [0.1, 0.15) is 10.5 Å². The highest BCUT2D eigenvalue weighted by Gasteiger charge is 2.11. The monoisotopic (exact) mass is 142 g/mol. The highest BCUT2D eigenvalue weighted by Crippen LogP contribution is 2.12. The minimum absolute atomic E-state index is 0.0255. The zero-order chi connectivity index (χ0) is 7.56. The van der Waals surface area contributed by atoms with Crippen LogP contribution in [0.25, 0.3) is 0 Å². The Labute approximate surface area is 56.6 Å². The van der Waals surface area contributed by atoms with E-state index in [1.54, 1.807) is 0 Å². The number of methoxy groups -OCH3 is 1. The number of carboxylic acid groups (broad SMARTS) is 1. The molecule has 0 bridgehead atoms. The predicted octanol–water partition coefficient (Wildman–Crippen LogP) is 0.116. The molecule has 1 rings (SSSR count). The Kier molecular flexibility index (Phi) is 1.57. The number of hydrogen-bond acceptors (Lipinski definition) is 3. The Morgan fingerprint density at radius 3 is 3.00 bits per heavy atom. The second-order valence-electron chi connectivity index (χ2n) is 1.62. The molecule has 0 radical (unpaired) electrons. The van der Waals surface area contributed by atoms with E-state index < -0.39 is 5.97 Å². The minimum atomic E-state index is -1.07. The molecule has 0 aromatic carbocycles. The van der Waals surface area contributed by atoms with Crippen LogP contribution in [0.4, 0.5) is 0 Å². The fourth-order valence-corrected chi connectivity index (χ4v) is 0.583. The van der Waals surface area contributed by atoms with Gasteiger partial charge >= 0.3 is 5.97 Å². The number of nitrogens with one attached hydrogen (secondary N) is 1. The summed E-state index contributed by atoms with van der Waals surface area (Å²) in [7, 11) is 1.39. The summed E-state index contributed by atoms with van der Waals surface area (Å²) in [5.74, 6) is -0.832. The lowest BCUT2D eigenvalue weighted by atomic mass is 10.4. The smallest absolute Gasteiger partial charge is 0.357 e. The fraction of sp³-hybridized carbons (Fsp3) is 0.200. The summed E-state index contributed by atoms with van der Waals surface area (Å²) in [5, 5.41) is 14.2. The van der Waals surface area contributed by atoms with Crippen LogP contribution in [-0.2, 0) is 0 Å². The largest absolute Gasteiger partial charge is 0.493 e. The third-order valence-corrected chi connectivity index (χ3v) is 1.04. The van der Waals surface area contributed by atoms with Crippen molar-refractivity contribution in [3.63, 3.8) is 0 Å². The molecule has 0 aliphatic rings. The first-order chi connectivity index (χ1) is 4.75. The van der Waals surface area contributed by atoms with Crippen LogP contribution in [0.3, 0.4) is 0 Å². The summed E-state index contributed by atoms with van der Waals surface area (Å²) < 4.78 is 4.67. The molecular weight excluding hydrogens is 136 g/mol. The number of carboxylic acids is 1. The van der Waals surface area contributed by atoms with Gasteiger partial charge in [-0.15, -0.1) is 0 Å². The van der Waals surface area contributed by atoms with E-state index in [1.165, 1.54) is 13.3 Å². The van der Waals surface area contributed by atoms with Crippen molar-refractivity contribution < 1.29 is 14.6 Å².